The molecule has 1 aliphatic carbocycles. The Hall–Kier alpha value is -2.95. The molecular weight excluding hydrogens is 342 g/mol. The second-order valence-electron chi connectivity index (χ2n) is 7.09. The van der Waals surface area contributed by atoms with Crippen LogP contribution in [0.5, 0.6) is 11.5 Å². The third-order valence-electron chi connectivity index (χ3n) is 5.80. The topological polar surface area (TPSA) is 67.8 Å². The molecule has 0 fully saturated rings. The van der Waals surface area contributed by atoms with E-state index in [4.69, 9.17) is 9.47 Å². The summed E-state index contributed by atoms with van der Waals surface area (Å²) in [6.45, 7) is 1.87. The lowest BCUT2D eigenvalue weighted by molar-refractivity contribution is 0.0696. The molecule has 0 spiro atoms. The van der Waals surface area contributed by atoms with Gasteiger partial charge in [0.1, 0.15) is 11.5 Å². The van der Waals surface area contributed by atoms with Crippen LogP contribution in [-0.2, 0) is 0 Å². The number of nitrogens with one attached hydrogen (secondary N) is 1. The molecular formula is C22H23NO4. The molecule has 5 nitrogen and oxygen atoms in total. The number of allylic oxidation sites excluding steroid dienone is 2. The summed E-state index contributed by atoms with van der Waals surface area (Å²) in [5.74, 6) is 1.26. The number of anilines is 1. The van der Waals surface area contributed by atoms with Crippen molar-refractivity contribution < 1.29 is 19.4 Å². The minimum absolute atomic E-state index is 0.00490. The summed E-state index contributed by atoms with van der Waals surface area (Å²) < 4.78 is 11.0. The molecule has 0 bridgehead atoms. The monoisotopic (exact) mass is 365 g/mol. The fourth-order valence-corrected chi connectivity index (χ4v) is 4.44. The normalized spacial score (nSPS) is 22.6. The minimum atomic E-state index is -0.906. The Labute approximate surface area is 158 Å². The second-order valence-corrected chi connectivity index (χ2v) is 7.09. The van der Waals surface area contributed by atoms with Crippen molar-refractivity contribution in [2.75, 3.05) is 19.5 Å². The molecule has 2 aromatic carbocycles. The number of methoxy groups -OCH3 is 2. The van der Waals surface area contributed by atoms with E-state index < -0.39 is 5.97 Å². The second kappa shape index (κ2) is 6.65. The van der Waals surface area contributed by atoms with Crippen LogP contribution in [0.1, 0.15) is 45.4 Å². The van der Waals surface area contributed by atoms with Crippen molar-refractivity contribution in [3.05, 3.63) is 64.7 Å². The van der Waals surface area contributed by atoms with Gasteiger partial charge in [-0.3, -0.25) is 0 Å². The Balaban J connectivity index is 1.86. The minimum Gasteiger partial charge on any atom is -0.497 e. The fraction of sp³-hybridized carbons (Fsp3) is 0.318. The van der Waals surface area contributed by atoms with Gasteiger partial charge in [-0.1, -0.05) is 18.2 Å². The molecule has 27 heavy (non-hydrogen) atoms. The van der Waals surface area contributed by atoms with Crippen molar-refractivity contribution in [3.8, 4) is 11.5 Å². The highest BCUT2D eigenvalue weighted by Gasteiger charge is 2.40. The Morgan fingerprint density at radius 2 is 1.96 bits per heavy atom. The van der Waals surface area contributed by atoms with Gasteiger partial charge in [-0.15, -0.1) is 0 Å². The third kappa shape index (κ3) is 2.74. The van der Waals surface area contributed by atoms with Crippen LogP contribution in [0.15, 0.2) is 42.5 Å². The van der Waals surface area contributed by atoms with Gasteiger partial charge in [0, 0.05) is 17.2 Å². The molecule has 0 radical (unpaired) electrons. The van der Waals surface area contributed by atoms with E-state index in [9.17, 15) is 9.90 Å². The number of carbonyl (C=O) groups is 1. The summed E-state index contributed by atoms with van der Waals surface area (Å²) in [4.78, 5) is 11.6. The predicted octanol–water partition coefficient (Wildman–Crippen LogP) is 4.54. The van der Waals surface area contributed by atoms with Crippen LogP contribution >= 0.6 is 0 Å². The molecule has 5 heteroatoms. The number of rotatable bonds is 4. The maximum Gasteiger partial charge on any atom is 0.336 e. The first kappa shape index (κ1) is 17.5. The number of ether oxygens (including phenoxy) is 2. The fourth-order valence-electron chi connectivity index (χ4n) is 4.44. The molecule has 4 rings (SSSR count). The molecule has 1 heterocycles. The molecule has 3 atom stereocenters. The zero-order valence-electron chi connectivity index (χ0n) is 15.7. The maximum atomic E-state index is 11.6. The average Bonchev–Trinajstić information content (AvgIpc) is 3.17. The lowest BCUT2D eigenvalue weighted by atomic mass is 9.75. The van der Waals surface area contributed by atoms with Crippen LogP contribution in [0.4, 0.5) is 5.69 Å². The Morgan fingerprint density at radius 1 is 1.15 bits per heavy atom. The van der Waals surface area contributed by atoms with Crippen molar-refractivity contribution in [1.82, 2.24) is 0 Å². The number of benzene rings is 2. The van der Waals surface area contributed by atoms with Crippen molar-refractivity contribution in [2.24, 2.45) is 5.92 Å². The van der Waals surface area contributed by atoms with Crippen LogP contribution in [0.2, 0.25) is 0 Å². The molecule has 2 N–H and O–H groups in total. The van der Waals surface area contributed by atoms with Gasteiger partial charge < -0.3 is 19.9 Å². The van der Waals surface area contributed by atoms with Crippen LogP contribution in [0.25, 0.3) is 0 Å². The summed E-state index contributed by atoms with van der Waals surface area (Å²) >= 11 is 0. The van der Waals surface area contributed by atoms with Crippen molar-refractivity contribution in [2.45, 2.75) is 25.3 Å². The van der Waals surface area contributed by atoms with Crippen LogP contribution < -0.4 is 14.8 Å². The van der Waals surface area contributed by atoms with Gasteiger partial charge in [-0.25, -0.2) is 4.79 Å². The van der Waals surface area contributed by atoms with Crippen LogP contribution in [-0.4, -0.2) is 25.3 Å². The van der Waals surface area contributed by atoms with Crippen molar-refractivity contribution >= 4 is 11.7 Å². The first-order valence-electron chi connectivity index (χ1n) is 9.07. The van der Waals surface area contributed by atoms with E-state index >= 15 is 0 Å². The van der Waals surface area contributed by atoms with Crippen LogP contribution in [0.3, 0.4) is 0 Å². The molecule has 1 aliphatic heterocycles. The summed E-state index contributed by atoms with van der Waals surface area (Å²) in [6.07, 6.45) is 5.41. The van der Waals surface area contributed by atoms with Crippen LogP contribution in [0, 0.1) is 12.8 Å². The first-order valence-corrected chi connectivity index (χ1v) is 9.07. The Morgan fingerprint density at radius 3 is 2.67 bits per heavy atom. The summed E-state index contributed by atoms with van der Waals surface area (Å²) in [5.41, 5.74) is 4.21. The summed E-state index contributed by atoms with van der Waals surface area (Å²) in [5, 5.41) is 13.1. The highest BCUT2D eigenvalue weighted by molar-refractivity contribution is 5.92. The zero-order valence-corrected chi connectivity index (χ0v) is 15.7. The molecule has 2 aliphatic rings. The Bertz CT molecular complexity index is 934. The van der Waals surface area contributed by atoms with Gasteiger partial charge >= 0.3 is 5.97 Å². The summed E-state index contributed by atoms with van der Waals surface area (Å²) in [6, 6.07) is 9.48. The highest BCUT2D eigenvalue weighted by atomic mass is 16.5. The van der Waals surface area contributed by atoms with Gasteiger partial charge in [0.05, 0.1) is 25.8 Å². The molecule has 140 valence electrons. The van der Waals surface area contributed by atoms with E-state index in [2.05, 4.69) is 17.5 Å². The van der Waals surface area contributed by atoms with Gasteiger partial charge in [0.25, 0.3) is 0 Å². The van der Waals surface area contributed by atoms with Crippen molar-refractivity contribution in [3.63, 3.8) is 0 Å². The van der Waals surface area contributed by atoms with E-state index in [1.165, 1.54) is 0 Å². The number of hydrogen-bond acceptors (Lipinski definition) is 4. The SMILES string of the molecule is COc1ccc(OC)c([C@@H]2Nc3c(ccc(C(=O)O)c3C)[C@@H]3C=CC[C@@H]32)c1. The smallest absolute Gasteiger partial charge is 0.336 e. The molecule has 2 aromatic rings. The van der Waals surface area contributed by atoms with Gasteiger partial charge in [-0.05, 0) is 54.7 Å². The number of carboxylic acids is 1. The predicted molar refractivity (Wildman–Crippen MR) is 104 cm³/mol. The van der Waals surface area contributed by atoms with Crippen molar-refractivity contribution in [1.29, 1.82) is 0 Å². The van der Waals surface area contributed by atoms with E-state index in [0.717, 1.165) is 40.3 Å². The quantitative estimate of drug-likeness (QED) is 0.779. The molecule has 0 unspecified atom stereocenters. The number of aromatic carboxylic acids is 1. The van der Waals surface area contributed by atoms with E-state index in [1.54, 1.807) is 20.3 Å². The maximum absolute atomic E-state index is 11.6. The first-order chi connectivity index (χ1) is 13.0. The Kier molecular flexibility index (Phi) is 4.30. The van der Waals surface area contributed by atoms with E-state index in [1.807, 2.05) is 31.2 Å². The zero-order chi connectivity index (χ0) is 19.1. The lowest BCUT2D eigenvalue weighted by Crippen LogP contribution is -2.30. The largest absolute Gasteiger partial charge is 0.497 e. The van der Waals surface area contributed by atoms with E-state index in [0.29, 0.717) is 11.5 Å². The number of fused-ring (bicyclic) bond motifs is 3. The molecule has 0 saturated carbocycles. The van der Waals surface area contributed by atoms with Gasteiger partial charge in [0.2, 0.25) is 0 Å². The molecule has 0 amide bonds. The highest BCUT2D eigenvalue weighted by Crippen LogP contribution is 2.52. The lowest BCUT2D eigenvalue weighted by Gasteiger charge is -2.39. The third-order valence-corrected chi connectivity index (χ3v) is 5.80. The summed E-state index contributed by atoms with van der Waals surface area (Å²) in [7, 11) is 3.32. The van der Waals surface area contributed by atoms with E-state index in [-0.39, 0.29) is 12.0 Å². The molecule has 0 aromatic heterocycles. The molecule has 0 saturated heterocycles. The van der Waals surface area contributed by atoms with Gasteiger partial charge in [-0.2, -0.15) is 0 Å². The number of hydrogen-bond donors (Lipinski definition) is 2. The average molecular weight is 365 g/mol. The number of carboxylic acid groups (broad SMARTS) is 1. The van der Waals surface area contributed by atoms with Gasteiger partial charge in [0.15, 0.2) is 0 Å². The standard InChI is InChI=1S/C22H23NO4/c1-12-14(22(24)25)8-9-17-15-5-4-6-16(15)21(23-20(12)17)18-11-13(26-2)7-10-19(18)27-3/h4-5,7-11,15-16,21,23H,6H2,1-3H3,(H,24,25)/t15-,16+,21-/m1/s1.